The van der Waals surface area contributed by atoms with Gasteiger partial charge in [-0.25, -0.2) is 13.2 Å². The lowest BCUT2D eigenvalue weighted by Gasteiger charge is -2.14. The minimum absolute atomic E-state index is 0.0565. The molecule has 2 N–H and O–H groups in total. The number of hydrogen-bond donors (Lipinski definition) is 2. The summed E-state index contributed by atoms with van der Waals surface area (Å²) in [6, 6.07) is 1.62. The molecule has 1 unspecified atom stereocenters. The lowest BCUT2D eigenvalue weighted by Crippen LogP contribution is -2.25. The van der Waals surface area contributed by atoms with Crippen LogP contribution in [0.3, 0.4) is 0 Å². The maximum absolute atomic E-state index is 11.7. The van der Waals surface area contributed by atoms with Gasteiger partial charge in [-0.1, -0.05) is 0 Å². The average molecular weight is 284 g/mol. The normalized spacial score (nSPS) is 21.2. The van der Waals surface area contributed by atoms with Gasteiger partial charge >= 0.3 is 5.97 Å². The quantitative estimate of drug-likeness (QED) is 0.858. The van der Waals surface area contributed by atoms with Crippen molar-refractivity contribution in [3.05, 3.63) is 23.5 Å². The molecule has 6 nitrogen and oxygen atoms in total. The fraction of sp³-hybridized carbons (Fsp3) is 0.500. The van der Waals surface area contributed by atoms with Crippen LogP contribution in [0.25, 0.3) is 0 Å². The van der Waals surface area contributed by atoms with Crippen molar-refractivity contribution in [1.29, 1.82) is 0 Å². The van der Waals surface area contributed by atoms with Gasteiger partial charge in [0.15, 0.2) is 9.84 Å². The molecule has 1 aromatic rings. The highest BCUT2D eigenvalue weighted by Crippen LogP contribution is 2.22. The number of anilines is 1. The molecule has 0 amide bonds. The molecule has 2 rings (SSSR count). The molecular weight excluding hydrogens is 268 g/mol. The molecule has 1 fully saturated rings. The highest BCUT2D eigenvalue weighted by molar-refractivity contribution is 7.92. The van der Waals surface area contributed by atoms with E-state index in [9.17, 15) is 13.2 Å². The summed E-state index contributed by atoms with van der Waals surface area (Å²) in [4.78, 5) is 15.0. The van der Waals surface area contributed by atoms with Crippen LogP contribution in [-0.2, 0) is 9.84 Å². The van der Waals surface area contributed by atoms with E-state index in [-0.39, 0.29) is 17.9 Å². The van der Waals surface area contributed by atoms with Crippen LogP contribution in [0.1, 0.15) is 28.9 Å². The summed E-state index contributed by atoms with van der Waals surface area (Å²) in [5, 5.41) is 11.6. The van der Waals surface area contributed by atoms with Crippen molar-refractivity contribution in [1.82, 2.24) is 4.98 Å². The van der Waals surface area contributed by atoms with Gasteiger partial charge in [-0.15, -0.1) is 0 Å². The van der Waals surface area contributed by atoms with Crippen LogP contribution >= 0.6 is 0 Å². The topological polar surface area (TPSA) is 96.4 Å². The molecule has 1 saturated heterocycles. The Morgan fingerprint density at radius 3 is 2.89 bits per heavy atom. The van der Waals surface area contributed by atoms with E-state index in [4.69, 9.17) is 5.11 Å². The van der Waals surface area contributed by atoms with Gasteiger partial charge in [-0.3, -0.25) is 4.98 Å². The molecule has 0 radical (unpaired) electrons. The zero-order valence-corrected chi connectivity index (χ0v) is 11.4. The second-order valence-corrected chi connectivity index (χ2v) is 7.09. The fourth-order valence-electron chi connectivity index (χ4n) is 2.19. The van der Waals surface area contributed by atoms with Crippen LogP contribution in [-0.4, -0.2) is 42.0 Å². The smallest absolute Gasteiger partial charge is 0.339 e. The monoisotopic (exact) mass is 284 g/mol. The first-order chi connectivity index (χ1) is 8.90. The highest BCUT2D eigenvalue weighted by atomic mass is 32.2. The van der Waals surface area contributed by atoms with Crippen molar-refractivity contribution in [2.45, 2.75) is 25.0 Å². The number of carbonyl (C=O) groups is 1. The van der Waals surface area contributed by atoms with Gasteiger partial charge in [0, 0.05) is 18.4 Å². The SMILES string of the molecule is Cc1cc(NCC2CCCS2(=O)=O)c(C(=O)O)cn1. The number of carboxylic acid groups (broad SMARTS) is 1. The number of rotatable bonds is 4. The van der Waals surface area contributed by atoms with Crippen LogP contribution < -0.4 is 5.32 Å². The van der Waals surface area contributed by atoms with Crippen LogP contribution in [0.5, 0.6) is 0 Å². The van der Waals surface area contributed by atoms with E-state index in [0.717, 1.165) is 0 Å². The Bertz CT molecular complexity index is 598. The summed E-state index contributed by atoms with van der Waals surface area (Å²) in [6.07, 6.45) is 2.58. The molecule has 1 aromatic heterocycles. The first-order valence-corrected chi connectivity index (χ1v) is 7.77. The Morgan fingerprint density at radius 1 is 1.58 bits per heavy atom. The standard InChI is InChI=1S/C12H16N2O4S/c1-8-5-11(10(7-13-8)12(15)16)14-6-9-3-2-4-19(9,17)18/h5,7,9H,2-4,6H2,1H3,(H,13,14)(H,15,16). The predicted octanol–water partition coefficient (Wildman–Crippen LogP) is 1.08. The summed E-state index contributed by atoms with van der Waals surface area (Å²) >= 11 is 0. The summed E-state index contributed by atoms with van der Waals surface area (Å²) in [6.45, 7) is 2.00. The number of aromatic carboxylic acids is 1. The third kappa shape index (κ3) is 3.04. The van der Waals surface area contributed by atoms with Gasteiger partial charge in [0.1, 0.15) is 5.56 Å². The zero-order valence-electron chi connectivity index (χ0n) is 10.6. The number of carboxylic acids is 1. The summed E-state index contributed by atoms with van der Waals surface area (Å²) in [7, 11) is -3.03. The minimum Gasteiger partial charge on any atom is -0.478 e. The van der Waals surface area contributed by atoms with E-state index >= 15 is 0 Å². The van der Waals surface area contributed by atoms with Gasteiger partial charge in [0.05, 0.1) is 16.7 Å². The van der Waals surface area contributed by atoms with E-state index < -0.39 is 21.1 Å². The largest absolute Gasteiger partial charge is 0.478 e. The first-order valence-electron chi connectivity index (χ1n) is 6.05. The molecular formula is C12H16N2O4S. The highest BCUT2D eigenvalue weighted by Gasteiger charge is 2.31. The summed E-state index contributed by atoms with van der Waals surface area (Å²) < 4.78 is 23.4. The maximum atomic E-state index is 11.7. The summed E-state index contributed by atoms with van der Waals surface area (Å²) in [5.74, 6) is -0.857. The Balaban J connectivity index is 2.15. The van der Waals surface area contributed by atoms with E-state index in [0.29, 0.717) is 24.2 Å². The van der Waals surface area contributed by atoms with Gasteiger partial charge in [-0.05, 0) is 25.8 Å². The van der Waals surface area contributed by atoms with Crippen molar-refractivity contribution >= 4 is 21.5 Å². The lowest BCUT2D eigenvalue weighted by atomic mass is 10.2. The average Bonchev–Trinajstić information content (AvgIpc) is 2.65. The Labute approximate surface area is 111 Å². The third-order valence-electron chi connectivity index (χ3n) is 3.25. The molecule has 2 heterocycles. The number of aromatic nitrogens is 1. The second kappa shape index (κ2) is 5.16. The van der Waals surface area contributed by atoms with Gasteiger partial charge in [0.25, 0.3) is 0 Å². The maximum Gasteiger partial charge on any atom is 0.339 e. The zero-order chi connectivity index (χ0) is 14.0. The molecule has 0 saturated carbocycles. The molecule has 1 aliphatic rings. The van der Waals surface area contributed by atoms with Crippen molar-refractivity contribution < 1.29 is 18.3 Å². The van der Waals surface area contributed by atoms with E-state index in [2.05, 4.69) is 10.3 Å². The van der Waals surface area contributed by atoms with Crippen LogP contribution in [0.4, 0.5) is 5.69 Å². The van der Waals surface area contributed by atoms with Crippen molar-refractivity contribution in [2.75, 3.05) is 17.6 Å². The van der Waals surface area contributed by atoms with Crippen molar-refractivity contribution in [3.8, 4) is 0 Å². The van der Waals surface area contributed by atoms with Crippen LogP contribution in [0, 0.1) is 6.92 Å². The molecule has 19 heavy (non-hydrogen) atoms. The Hall–Kier alpha value is -1.63. The number of nitrogens with zero attached hydrogens (tertiary/aromatic N) is 1. The van der Waals surface area contributed by atoms with Crippen molar-refractivity contribution in [3.63, 3.8) is 0 Å². The number of aryl methyl sites for hydroxylation is 1. The number of nitrogens with one attached hydrogen (secondary N) is 1. The van der Waals surface area contributed by atoms with Crippen LogP contribution in [0.2, 0.25) is 0 Å². The van der Waals surface area contributed by atoms with E-state index in [1.54, 1.807) is 13.0 Å². The Kier molecular flexibility index (Phi) is 3.75. The minimum atomic E-state index is -3.03. The Morgan fingerprint density at radius 2 is 2.32 bits per heavy atom. The molecule has 0 bridgehead atoms. The first kappa shape index (κ1) is 13.8. The van der Waals surface area contributed by atoms with Crippen LogP contribution in [0.15, 0.2) is 12.3 Å². The number of hydrogen-bond acceptors (Lipinski definition) is 5. The molecule has 1 atom stereocenters. The van der Waals surface area contributed by atoms with E-state index in [1.165, 1.54) is 6.20 Å². The second-order valence-electron chi connectivity index (χ2n) is 4.69. The number of sulfone groups is 1. The number of pyridine rings is 1. The van der Waals surface area contributed by atoms with Gasteiger partial charge < -0.3 is 10.4 Å². The molecule has 1 aliphatic heterocycles. The third-order valence-corrected chi connectivity index (χ3v) is 5.53. The predicted molar refractivity (Wildman–Crippen MR) is 71.2 cm³/mol. The molecule has 0 spiro atoms. The summed E-state index contributed by atoms with van der Waals surface area (Å²) in [5.41, 5.74) is 1.16. The molecule has 0 aliphatic carbocycles. The fourth-order valence-corrected chi connectivity index (χ4v) is 3.95. The van der Waals surface area contributed by atoms with E-state index in [1.807, 2.05) is 0 Å². The van der Waals surface area contributed by atoms with Gasteiger partial charge in [0.2, 0.25) is 0 Å². The molecule has 0 aromatic carbocycles. The van der Waals surface area contributed by atoms with Crippen molar-refractivity contribution in [2.24, 2.45) is 0 Å². The molecule has 104 valence electrons. The molecule has 7 heteroatoms. The lowest BCUT2D eigenvalue weighted by molar-refractivity contribution is 0.0697. The van der Waals surface area contributed by atoms with Gasteiger partial charge in [-0.2, -0.15) is 0 Å².